The summed E-state index contributed by atoms with van der Waals surface area (Å²) in [6.07, 6.45) is 2.44. The van der Waals surface area contributed by atoms with Gasteiger partial charge in [-0.3, -0.25) is 4.90 Å². The smallest absolute Gasteiger partial charge is 0.241 e. The average Bonchev–Trinajstić information content (AvgIpc) is 2.98. The third-order valence-electron chi connectivity index (χ3n) is 4.11. The Morgan fingerprint density at radius 2 is 2.18 bits per heavy atom. The normalized spacial score (nSPS) is 17.0. The molecule has 0 aliphatic carbocycles. The van der Waals surface area contributed by atoms with Gasteiger partial charge in [0.1, 0.15) is 0 Å². The van der Waals surface area contributed by atoms with E-state index in [4.69, 9.17) is 16.1 Å². The summed E-state index contributed by atoms with van der Waals surface area (Å²) < 4.78 is 5.38. The summed E-state index contributed by atoms with van der Waals surface area (Å²) >= 11 is 6.00. The lowest BCUT2D eigenvalue weighted by Crippen LogP contribution is -2.36. The summed E-state index contributed by atoms with van der Waals surface area (Å²) in [6.45, 7) is 4.00. The Morgan fingerprint density at radius 1 is 1.36 bits per heavy atom. The molecule has 0 atom stereocenters. The molecule has 1 aliphatic rings. The number of halogens is 1. The minimum Gasteiger partial charge on any atom is -0.338 e. The predicted octanol–water partition coefficient (Wildman–Crippen LogP) is 2.82. The second-order valence-corrected chi connectivity index (χ2v) is 6.24. The zero-order valence-corrected chi connectivity index (χ0v) is 13.5. The highest BCUT2D eigenvalue weighted by atomic mass is 35.5. The average molecular weight is 321 g/mol. The summed E-state index contributed by atoms with van der Waals surface area (Å²) in [5.41, 5.74) is 0.884. The number of aromatic nitrogens is 2. The van der Waals surface area contributed by atoms with Crippen LogP contribution in [0.5, 0.6) is 0 Å². The van der Waals surface area contributed by atoms with Gasteiger partial charge in [0.15, 0.2) is 0 Å². The van der Waals surface area contributed by atoms with Crippen molar-refractivity contribution in [2.75, 3.05) is 26.7 Å². The van der Waals surface area contributed by atoms with Gasteiger partial charge in [0.05, 0.1) is 6.54 Å². The molecule has 1 aliphatic heterocycles. The van der Waals surface area contributed by atoms with Crippen LogP contribution in [0.25, 0.3) is 11.4 Å². The first-order chi connectivity index (χ1) is 10.7. The number of nitrogens with zero attached hydrogens (tertiary/aromatic N) is 3. The molecule has 1 saturated heterocycles. The molecule has 1 aromatic heterocycles. The molecular formula is C16H21ClN4O. The molecule has 0 saturated carbocycles. The molecular weight excluding hydrogens is 300 g/mol. The molecule has 0 spiro atoms. The molecule has 3 rings (SSSR count). The van der Waals surface area contributed by atoms with Crippen LogP contribution in [0.1, 0.15) is 18.7 Å². The number of rotatable bonds is 5. The minimum atomic E-state index is 0.600. The summed E-state index contributed by atoms with van der Waals surface area (Å²) in [5.74, 6) is 2.05. The zero-order valence-electron chi connectivity index (χ0n) is 12.8. The second-order valence-electron chi connectivity index (χ2n) is 5.80. The fourth-order valence-electron chi connectivity index (χ4n) is 2.89. The molecule has 1 aromatic carbocycles. The van der Waals surface area contributed by atoms with Crippen molar-refractivity contribution in [1.29, 1.82) is 0 Å². The fourth-order valence-corrected chi connectivity index (χ4v) is 3.08. The van der Waals surface area contributed by atoms with Gasteiger partial charge < -0.3 is 9.84 Å². The van der Waals surface area contributed by atoms with Gasteiger partial charge in [-0.15, -0.1) is 0 Å². The second kappa shape index (κ2) is 7.22. The molecule has 0 bridgehead atoms. The summed E-state index contributed by atoms with van der Waals surface area (Å²) in [5, 5.41) is 7.99. The molecule has 22 heavy (non-hydrogen) atoms. The maximum Gasteiger partial charge on any atom is 0.241 e. The lowest BCUT2D eigenvalue weighted by atomic mass is 9.97. The van der Waals surface area contributed by atoms with E-state index >= 15 is 0 Å². The van der Waals surface area contributed by atoms with Gasteiger partial charge in [0, 0.05) is 10.6 Å². The van der Waals surface area contributed by atoms with Crippen molar-refractivity contribution >= 4 is 11.6 Å². The summed E-state index contributed by atoms with van der Waals surface area (Å²) in [7, 11) is 2.02. The van der Waals surface area contributed by atoms with Gasteiger partial charge >= 0.3 is 0 Å². The van der Waals surface area contributed by atoms with Crippen LogP contribution in [-0.2, 0) is 6.54 Å². The van der Waals surface area contributed by atoms with Gasteiger partial charge in [-0.2, -0.15) is 4.98 Å². The molecule has 2 aromatic rings. The Morgan fingerprint density at radius 3 is 2.91 bits per heavy atom. The van der Waals surface area contributed by atoms with Crippen molar-refractivity contribution in [2.45, 2.75) is 19.4 Å². The molecule has 0 unspecified atom stereocenters. The first-order valence-corrected chi connectivity index (χ1v) is 8.08. The van der Waals surface area contributed by atoms with Gasteiger partial charge in [-0.25, -0.2) is 0 Å². The highest BCUT2D eigenvalue weighted by molar-refractivity contribution is 6.30. The molecule has 6 heteroatoms. The Bertz CT molecular complexity index is 608. The molecule has 1 fully saturated rings. The van der Waals surface area contributed by atoms with Crippen molar-refractivity contribution in [3.63, 3.8) is 0 Å². The third-order valence-corrected chi connectivity index (χ3v) is 4.34. The van der Waals surface area contributed by atoms with Crippen molar-refractivity contribution in [3.05, 3.63) is 35.2 Å². The molecule has 5 nitrogen and oxygen atoms in total. The van der Waals surface area contributed by atoms with Crippen LogP contribution in [0.3, 0.4) is 0 Å². The Hall–Kier alpha value is -1.43. The first-order valence-electron chi connectivity index (χ1n) is 7.70. The lowest BCUT2D eigenvalue weighted by molar-refractivity contribution is 0.159. The van der Waals surface area contributed by atoms with Crippen molar-refractivity contribution < 1.29 is 4.52 Å². The maximum atomic E-state index is 6.00. The summed E-state index contributed by atoms with van der Waals surface area (Å²) in [6, 6.07) is 7.50. The third kappa shape index (κ3) is 3.85. The van der Waals surface area contributed by atoms with Crippen LogP contribution in [0.15, 0.2) is 28.8 Å². The monoisotopic (exact) mass is 320 g/mol. The Balaban J connectivity index is 1.58. The molecule has 0 radical (unpaired) electrons. The van der Waals surface area contributed by atoms with E-state index in [1.165, 1.54) is 12.8 Å². The van der Waals surface area contributed by atoms with Crippen LogP contribution in [0, 0.1) is 5.92 Å². The van der Waals surface area contributed by atoms with E-state index in [1.54, 1.807) is 0 Å². The first kappa shape index (κ1) is 15.5. The molecule has 1 N–H and O–H groups in total. The van der Waals surface area contributed by atoms with E-state index in [0.717, 1.165) is 37.7 Å². The van der Waals surface area contributed by atoms with E-state index in [9.17, 15) is 0 Å². The van der Waals surface area contributed by atoms with Crippen LogP contribution in [0.2, 0.25) is 5.02 Å². The Kier molecular flexibility index (Phi) is 5.08. The lowest BCUT2D eigenvalue weighted by Gasteiger charge is -2.30. The van der Waals surface area contributed by atoms with Crippen LogP contribution in [-0.4, -0.2) is 41.7 Å². The van der Waals surface area contributed by atoms with Gasteiger partial charge in [0.25, 0.3) is 0 Å². The van der Waals surface area contributed by atoms with Gasteiger partial charge in [0.2, 0.25) is 11.7 Å². The van der Waals surface area contributed by atoms with E-state index in [2.05, 4.69) is 20.4 Å². The number of hydrogen-bond acceptors (Lipinski definition) is 5. The number of likely N-dealkylation sites (tertiary alicyclic amines) is 1. The largest absolute Gasteiger partial charge is 0.338 e. The maximum absolute atomic E-state index is 6.00. The summed E-state index contributed by atoms with van der Waals surface area (Å²) in [4.78, 5) is 6.86. The van der Waals surface area contributed by atoms with Crippen molar-refractivity contribution in [1.82, 2.24) is 20.4 Å². The van der Waals surface area contributed by atoms with Gasteiger partial charge in [-0.05, 0) is 57.6 Å². The van der Waals surface area contributed by atoms with E-state index < -0.39 is 0 Å². The van der Waals surface area contributed by atoms with Crippen LogP contribution in [0.4, 0.5) is 0 Å². The van der Waals surface area contributed by atoms with E-state index in [0.29, 0.717) is 16.7 Å². The van der Waals surface area contributed by atoms with Crippen molar-refractivity contribution in [3.8, 4) is 11.4 Å². The zero-order chi connectivity index (χ0) is 15.4. The molecule has 0 amide bonds. The van der Waals surface area contributed by atoms with Crippen LogP contribution < -0.4 is 5.32 Å². The molecule has 2 heterocycles. The minimum absolute atomic E-state index is 0.600. The van der Waals surface area contributed by atoms with Gasteiger partial charge in [-0.1, -0.05) is 28.9 Å². The van der Waals surface area contributed by atoms with Crippen LogP contribution >= 0.6 is 11.6 Å². The number of hydrogen-bond donors (Lipinski definition) is 1. The predicted molar refractivity (Wildman–Crippen MR) is 86.7 cm³/mol. The number of nitrogens with one attached hydrogen (secondary N) is 1. The van der Waals surface area contributed by atoms with Crippen molar-refractivity contribution in [2.24, 2.45) is 5.92 Å². The number of benzene rings is 1. The highest BCUT2D eigenvalue weighted by Gasteiger charge is 2.20. The Labute approximate surface area is 135 Å². The standard InChI is InChI=1S/C16H21ClN4O/c1-18-10-12-5-7-21(8-6-12)11-15-19-16(20-22-15)13-3-2-4-14(17)9-13/h2-4,9,12,18H,5-8,10-11H2,1H3. The number of piperidine rings is 1. The van der Waals surface area contributed by atoms with E-state index in [1.807, 2.05) is 31.3 Å². The fraction of sp³-hybridized carbons (Fsp3) is 0.500. The highest BCUT2D eigenvalue weighted by Crippen LogP contribution is 2.21. The molecule has 118 valence electrons. The topological polar surface area (TPSA) is 54.2 Å². The quantitative estimate of drug-likeness (QED) is 0.918. The van der Waals surface area contributed by atoms with E-state index in [-0.39, 0.29) is 0 Å². The SMILES string of the molecule is CNCC1CCN(Cc2nc(-c3cccc(Cl)c3)no2)CC1.